The SMILES string of the molecule is COCCn1cc(-c2cc3nccnc3c(NC[C@H]3CCCNC3)n2)cn1.S. The van der Waals surface area contributed by atoms with E-state index in [1.807, 2.05) is 23.1 Å². The minimum Gasteiger partial charge on any atom is -0.383 e. The maximum absolute atomic E-state index is 5.12. The number of rotatable bonds is 7. The zero-order valence-corrected chi connectivity index (χ0v) is 17.1. The highest BCUT2D eigenvalue weighted by Crippen LogP contribution is 2.25. The van der Waals surface area contributed by atoms with Crippen LogP contribution in [0.25, 0.3) is 22.3 Å². The van der Waals surface area contributed by atoms with Crippen LogP contribution >= 0.6 is 13.5 Å². The first-order chi connectivity index (χ1) is 13.3. The molecule has 1 atom stereocenters. The Balaban J connectivity index is 0.00000225. The van der Waals surface area contributed by atoms with E-state index in [1.165, 1.54) is 12.8 Å². The van der Waals surface area contributed by atoms with E-state index in [9.17, 15) is 0 Å². The van der Waals surface area contributed by atoms with Crippen molar-refractivity contribution >= 4 is 30.3 Å². The molecule has 0 aliphatic carbocycles. The molecule has 0 radical (unpaired) electrons. The number of pyridine rings is 1. The van der Waals surface area contributed by atoms with Crippen molar-refractivity contribution < 1.29 is 4.74 Å². The minimum absolute atomic E-state index is 0. The summed E-state index contributed by atoms with van der Waals surface area (Å²) in [6.07, 6.45) is 9.69. The van der Waals surface area contributed by atoms with Gasteiger partial charge in [-0.15, -0.1) is 0 Å². The van der Waals surface area contributed by atoms with Crippen molar-refractivity contribution in [1.82, 2.24) is 30.0 Å². The van der Waals surface area contributed by atoms with Gasteiger partial charge in [0, 0.05) is 37.8 Å². The van der Waals surface area contributed by atoms with Crippen molar-refractivity contribution in [2.24, 2.45) is 5.92 Å². The largest absolute Gasteiger partial charge is 0.383 e. The molecule has 28 heavy (non-hydrogen) atoms. The zero-order valence-electron chi connectivity index (χ0n) is 16.1. The predicted octanol–water partition coefficient (Wildman–Crippen LogP) is 2.06. The van der Waals surface area contributed by atoms with Crippen LogP contribution in [-0.2, 0) is 11.3 Å². The molecular formula is C19H27N7OS. The highest BCUT2D eigenvalue weighted by atomic mass is 32.1. The lowest BCUT2D eigenvalue weighted by atomic mass is 10.00. The van der Waals surface area contributed by atoms with Gasteiger partial charge in [0.1, 0.15) is 5.52 Å². The minimum atomic E-state index is 0. The van der Waals surface area contributed by atoms with Crippen LogP contribution in [0.3, 0.4) is 0 Å². The van der Waals surface area contributed by atoms with E-state index in [1.54, 1.807) is 19.5 Å². The average molecular weight is 402 g/mol. The summed E-state index contributed by atoms with van der Waals surface area (Å²) in [7, 11) is 1.69. The number of methoxy groups -OCH3 is 1. The average Bonchev–Trinajstić information content (AvgIpc) is 3.20. The number of ether oxygens (including phenoxy) is 1. The maximum Gasteiger partial charge on any atom is 0.154 e. The summed E-state index contributed by atoms with van der Waals surface area (Å²) in [4.78, 5) is 13.8. The van der Waals surface area contributed by atoms with Crippen LogP contribution in [-0.4, -0.2) is 58.1 Å². The molecule has 1 aliphatic rings. The first-order valence-corrected chi connectivity index (χ1v) is 9.41. The van der Waals surface area contributed by atoms with Crippen molar-refractivity contribution in [3.8, 4) is 11.3 Å². The lowest BCUT2D eigenvalue weighted by Crippen LogP contribution is -2.33. The smallest absolute Gasteiger partial charge is 0.154 e. The second kappa shape index (κ2) is 9.81. The Kier molecular flexibility index (Phi) is 7.18. The Hall–Kier alpha value is -2.23. The number of aromatic nitrogens is 5. The maximum atomic E-state index is 5.12. The molecule has 3 aromatic heterocycles. The highest BCUT2D eigenvalue weighted by molar-refractivity contribution is 7.59. The lowest BCUT2D eigenvalue weighted by Gasteiger charge is -2.23. The van der Waals surface area contributed by atoms with E-state index in [4.69, 9.17) is 9.72 Å². The summed E-state index contributed by atoms with van der Waals surface area (Å²) in [5, 5.41) is 11.4. The van der Waals surface area contributed by atoms with Crippen LogP contribution in [0.15, 0.2) is 30.9 Å². The summed E-state index contributed by atoms with van der Waals surface area (Å²) in [5.41, 5.74) is 3.44. The molecule has 4 heterocycles. The van der Waals surface area contributed by atoms with E-state index in [-0.39, 0.29) is 13.5 Å². The third kappa shape index (κ3) is 4.78. The van der Waals surface area contributed by atoms with Gasteiger partial charge < -0.3 is 15.4 Å². The fourth-order valence-electron chi connectivity index (χ4n) is 3.39. The molecule has 8 nitrogen and oxygen atoms in total. The van der Waals surface area contributed by atoms with Gasteiger partial charge >= 0.3 is 0 Å². The van der Waals surface area contributed by atoms with Gasteiger partial charge in [0.2, 0.25) is 0 Å². The van der Waals surface area contributed by atoms with Crippen molar-refractivity contribution in [2.75, 3.05) is 38.7 Å². The second-order valence-corrected chi connectivity index (χ2v) is 6.86. The van der Waals surface area contributed by atoms with Crippen molar-refractivity contribution in [3.63, 3.8) is 0 Å². The Morgan fingerprint density at radius 1 is 1.32 bits per heavy atom. The van der Waals surface area contributed by atoms with Gasteiger partial charge in [0.25, 0.3) is 0 Å². The first-order valence-electron chi connectivity index (χ1n) is 9.41. The van der Waals surface area contributed by atoms with E-state index in [0.29, 0.717) is 19.1 Å². The zero-order chi connectivity index (χ0) is 18.5. The molecular weight excluding hydrogens is 374 g/mol. The predicted molar refractivity (Wildman–Crippen MR) is 115 cm³/mol. The molecule has 9 heteroatoms. The number of fused-ring (bicyclic) bond motifs is 1. The van der Waals surface area contributed by atoms with Crippen LogP contribution in [0.2, 0.25) is 0 Å². The van der Waals surface area contributed by atoms with Gasteiger partial charge in [-0.2, -0.15) is 18.6 Å². The molecule has 1 aliphatic heterocycles. The molecule has 0 aromatic carbocycles. The molecule has 1 fully saturated rings. The Bertz CT molecular complexity index is 895. The number of hydrogen-bond donors (Lipinski definition) is 2. The van der Waals surface area contributed by atoms with Crippen molar-refractivity contribution in [1.29, 1.82) is 0 Å². The summed E-state index contributed by atoms with van der Waals surface area (Å²) in [6, 6.07) is 1.97. The third-order valence-electron chi connectivity index (χ3n) is 4.87. The molecule has 0 spiro atoms. The number of piperidine rings is 1. The van der Waals surface area contributed by atoms with Gasteiger partial charge in [-0.3, -0.25) is 9.67 Å². The second-order valence-electron chi connectivity index (χ2n) is 6.86. The third-order valence-corrected chi connectivity index (χ3v) is 4.87. The molecule has 2 N–H and O–H groups in total. The van der Waals surface area contributed by atoms with Crippen LogP contribution in [0.4, 0.5) is 5.82 Å². The summed E-state index contributed by atoms with van der Waals surface area (Å²) in [5.74, 6) is 1.39. The van der Waals surface area contributed by atoms with Gasteiger partial charge in [-0.1, -0.05) is 0 Å². The Labute approximate surface area is 171 Å². The fraction of sp³-hybridized carbons (Fsp3) is 0.474. The lowest BCUT2D eigenvalue weighted by molar-refractivity contribution is 0.183. The standard InChI is InChI=1S/C19H25N7O.H2S/c1-27-8-7-26-13-15(12-24-26)16-9-17-18(22-6-5-21-17)19(25-16)23-11-14-3-2-4-20-10-14;/h5-6,9,12-14,20H,2-4,7-8,10-11H2,1H3,(H,23,25);1H2/t14-;/m0./s1. The van der Waals surface area contributed by atoms with E-state index >= 15 is 0 Å². The van der Waals surface area contributed by atoms with Gasteiger partial charge in [-0.25, -0.2) is 9.97 Å². The van der Waals surface area contributed by atoms with Gasteiger partial charge in [0.15, 0.2) is 5.82 Å². The van der Waals surface area contributed by atoms with Gasteiger partial charge in [0.05, 0.1) is 30.6 Å². The fourth-order valence-corrected chi connectivity index (χ4v) is 3.39. The number of anilines is 1. The summed E-state index contributed by atoms with van der Waals surface area (Å²) >= 11 is 0. The summed E-state index contributed by atoms with van der Waals surface area (Å²) in [6.45, 7) is 4.38. The van der Waals surface area contributed by atoms with Crippen LogP contribution in [0, 0.1) is 5.92 Å². The quantitative estimate of drug-likeness (QED) is 0.626. The first kappa shape index (κ1) is 20.5. The topological polar surface area (TPSA) is 89.8 Å². The van der Waals surface area contributed by atoms with E-state index in [2.05, 4.69) is 25.7 Å². The molecule has 3 aromatic rings. The molecule has 1 saturated heterocycles. The van der Waals surface area contributed by atoms with Gasteiger partial charge in [-0.05, 0) is 37.9 Å². The van der Waals surface area contributed by atoms with Crippen molar-refractivity contribution in [3.05, 3.63) is 30.9 Å². The molecule has 0 amide bonds. The Morgan fingerprint density at radius 2 is 2.21 bits per heavy atom. The molecule has 150 valence electrons. The van der Waals surface area contributed by atoms with E-state index < -0.39 is 0 Å². The molecule has 0 bridgehead atoms. The van der Waals surface area contributed by atoms with Crippen LogP contribution in [0.1, 0.15) is 12.8 Å². The summed E-state index contributed by atoms with van der Waals surface area (Å²) < 4.78 is 6.98. The molecule has 4 rings (SSSR count). The molecule has 0 unspecified atom stereocenters. The van der Waals surface area contributed by atoms with Crippen LogP contribution < -0.4 is 10.6 Å². The number of hydrogen-bond acceptors (Lipinski definition) is 7. The Morgan fingerprint density at radius 3 is 3.04 bits per heavy atom. The van der Waals surface area contributed by atoms with Crippen molar-refractivity contribution in [2.45, 2.75) is 19.4 Å². The number of nitrogens with zero attached hydrogens (tertiary/aromatic N) is 5. The van der Waals surface area contributed by atoms with Crippen LogP contribution in [0.5, 0.6) is 0 Å². The molecule has 0 saturated carbocycles. The highest BCUT2D eigenvalue weighted by Gasteiger charge is 2.15. The number of nitrogens with one attached hydrogen (secondary N) is 2. The monoisotopic (exact) mass is 401 g/mol. The normalized spacial score (nSPS) is 16.7. The van der Waals surface area contributed by atoms with E-state index in [0.717, 1.165) is 47.7 Å².